The third-order valence-corrected chi connectivity index (χ3v) is 6.18. The summed E-state index contributed by atoms with van der Waals surface area (Å²) < 4.78 is 22.7. The summed E-state index contributed by atoms with van der Waals surface area (Å²) in [5.74, 6) is 0.806. The van der Waals surface area contributed by atoms with Crippen LogP contribution in [0.2, 0.25) is 0 Å². The molecule has 1 aromatic carbocycles. The molecule has 0 saturated carbocycles. The summed E-state index contributed by atoms with van der Waals surface area (Å²) in [6, 6.07) is 7.89. The molecule has 0 amide bonds. The van der Waals surface area contributed by atoms with Gasteiger partial charge in [-0.25, -0.2) is 0 Å². The van der Waals surface area contributed by atoms with Crippen molar-refractivity contribution in [3.63, 3.8) is 0 Å². The lowest BCUT2D eigenvalue weighted by atomic mass is 10.2. The van der Waals surface area contributed by atoms with Crippen molar-refractivity contribution >= 4 is 14.9 Å². The fourth-order valence-corrected chi connectivity index (χ4v) is 4.17. The van der Waals surface area contributed by atoms with E-state index in [0.29, 0.717) is 0 Å². The average molecular weight is 296 g/mol. The van der Waals surface area contributed by atoms with Gasteiger partial charge in [0.15, 0.2) is 5.73 Å². The third kappa shape index (κ3) is 3.70. The van der Waals surface area contributed by atoms with E-state index in [1.807, 2.05) is 50.3 Å². The summed E-state index contributed by atoms with van der Waals surface area (Å²) in [5.41, 5.74) is 0.786. The van der Waals surface area contributed by atoms with Crippen LogP contribution in [0, 0.1) is 0 Å². The Hall–Kier alpha value is -1.14. The maximum Gasteiger partial charge on any atom is 0.543 e. The summed E-state index contributed by atoms with van der Waals surface area (Å²) in [5, 5.41) is 0. The van der Waals surface area contributed by atoms with Gasteiger partial charge in [0.2, 0.25) is 0 Å². The molecule has 1 rings (SSSR count). The van der Waals surface area contributed by atoms with Gasteiger partial charge < -0.3 is 18.0 Å². The minimum atomic E-state index is -2.82. The molecule has 1 atom stereocenters. The Morgan fingerprint density at radius 3 is 2.20 bits per heavy atom. The first-order valence-electron chi connectivity index (χ1n) is 6.71. The van der Waals surface area contributed by atoms with Gasteiger partial charge in [0.05, 0.1) is 0 Å². The number of para-hydroxylation sites is 1. The van der Waals surface area contributed by atoms with Crippen molar-refractivity contribution in [2.24, 2.45) is 0 Å². The quantitative estimate of drug-likeness (QED) is 0.690. The highest BCUT2D eigenvalue weighted by molar-refractivity contribution is 6.62. The molecule has 0 aliphatic rings. The SMILES string of the molecule is CC=Cc1ccccc1OC(CC)[Si](OC)(OC)OC. The van der Waals surface area contributed by atoms with Crippen LogP contribution in [-0.4, -0.2) is 35.9 Å². The van der Waals surface area contributed by atoms with Crippen molar-refractivity contribution in [2.75, 3.05) is 21.3 Å². The molecule has 0 bridgehead atoms. The van der Waals surface area contributed by atoms with E-state index in [9.17, 15) is 0 Å². The van der Waals surface area contributed by atoms with E-state index in [2.05, 4.69) is 0 Å². The van der Waals surface area contributed by atoms with E-state index in [0.717, 1.165) is 17.7 Å². The van der Waals surface area contributed by atoms with E-state index in [1.165, 1.54) is 0 Å². The zero-order chi connectivity index (χ0) is 15.0. The van der Waals surface area contributed by atoms with Gasteiger partial charge in [-0.05, 0) is 19.4 Å². The van der Waals surface area contributed by atoms with Gasteiger partial charge in [0.1, 0.15) is 5.75 Å². The van der Waals surface area contributed by atoms with E-state index in [-0.39, 0.29) is 5.73 Å². The lowest BCUT2D eigenvalue weighted by Gasteiger charge is -2.32. The van der Waals surface area contributed by atoms with Crippen LogP contribution in [0.5, 0.6) is 5.75 Å². The predicted octanol–water partition coefficient (Wildman–Crippen LogP) is 3.29. The average Bonchev–Trinajstić information content (AvgIpc) is 2.50. The number of hydrogen-bond acceptors (Lipinski definition) is 4. The van der Waals surface area contributed by atoms with Gasteiger partial charge in [-0.15, -0.1) is 0 Å². The van der Waals surface area contributed by atoms with Gasteiger partial charge >= 0.3 is 8.80 Å². The molecule has 1 unspecified atom stereocenters. The minimum absolute atomic E-state index is 0.242. The molecule has 0 aliphatic heterocycles. The van der Waals surface area contributed by atoms with Crippen LogP contribution in [0.3, 0.4) is 0 Å². The van der Waals surface area contributed by atoms with Crippen molar-refractivity contribution in [3.8, 4) is 5.75 Å². The first-order valence-corrected chi connectivity index (χ1v) is 8.51. The molecule has 0 N–H and O–H groups in total. The molecule has 1 aromatic rings. The van der Waals surface area contributed by atoms with Gasteiger partial charge in [0.25, 0.3) is 0 Å². The highest BCUT2D eigenvalue weighted by Gasteiger charge is 2.48. The van der Waals surface area contributed by atoms with Gasteiger partial charge in [0, 0.05) is 26.9 Å². The monoisotopic (exact) mass is 296 g/mol. The molecular formula is C15H24O4Si. The normalized spacial score (nSPS) is 13.7. The summed E-state index contributed by atoms with van der Waals surface area (Å²) >= 11 is 0. The van der Waals surface area contributed by atoms with Crippen LogP contribution in [0.4, 0.5) is 0 Å². The Kier molecular flexibility index (Phi) is 6.94. The zero-order valence-electron chi connectivity index (χ0n) is 12.9. The number of hydrogen-bond donors (Lipinski definition) is 0. The second-order valence-corrected chi connectivity index (χ2v) is 7.34. The molecule has 0 radical (unpaired) electrons. The maximum atomic E-state index is 6.12. The van der Waals surface area contributed by atoms with Crippen LogP contribution >= 0.6 is 0 Å². The fourth-order valence-electron chi connectivity index (χ4n) is 2.11. The Labute approximate surface area is 122 Å². The van der Waals surface area contributed by atoms with E-state index in [4.69, 9.17) is 18.0 Å². The molecule has 20 heavy (non-hydrogen) atoms. The Balaban J connectivity index is 3.04. The second-order valence-electron chi connectivity index (χ2n) is 4.27. The Morgan fingerprint density at radius 2 is 1.70 bits per heavy atom. The molecule has 0 fully saturated rings. The van der Waals surface area contributed by atoms with Crippen molar-refractivity contribution in [1.82, 2.24) is 0 Å². The third-order valence-electron chi connectivity index (χ3n) is 3.15. The van der Waals surface area contributed by atoms with E-state index < -0.39 is 8.80 Å². The highest BCUT2D eigenvalue weighted by atomic mass is 28.4. The van der Waals surface area contributed by atoms with Crippen LogP contribution in [0.1, 0.15) is 25.8 Å². The summed E-state index contributed by atoms with van der Waals surface area (Å²) in [6.45, 7) is 4.01. The summed E-state index contributed by atoms with van der Waals surface area (Å²) in [4.78, 5) is 0. The lowest BCUT2D eigenvalue weighted by molar-refractivity contribution is 0.0665. The predicted molar refractivity (Wildman–Crippen MR) is 82.6 cm³/mol. The number of rotatable bonds is 8. The van der Waals surface area contributed by atoms with Gasteiger partial charge in [-0.3, -0.25) is 0 Å². The molecule has 0 aliphatic carbocycles. The zero-order valence-corrected chi connectivity index (χ0v) is 13.9. The Bertz CT molecular complexity index is 421. The first-order chi connectivity index (χ1) is 9.67. The number of benzene rings is 1. The first kappa shape index (κ1) is 16.9. The molecule has 5 heteroatoms. The molecule has 0 aromatic heterocycles. The fraction of sp³-hybridized carbons (Fsp3) is 0.467. The van der Waals surface area contributed by atoms with Crippen LogP contribution in [-0.2, 0) is 13.3 Å². The molecule has 0 heterocycles. The van der Waals surface area contributed by atoms with Crippen molar-refractivity contribution < 1.29 is 18.0 Å². The van der Waals surface area contributed by atoms with Crippen LogP contribution < -0.4 is 4.74 Å². The van der Waals surface area contributed by atoms with Gasteiger partial charge in [-0.1, -0.05) is 37.3 Å². The minimum Gasteiger partial charge on any atom is -0.485 e. The van der Waals surface area contributed by atoms with E-state index in [1.54, 1.807) is 21.3 Å². The molecular weight excluding hydrogens is 272 g/mol. The topological polar surface area (TPSA) is 36.9 Å². The van der Waals surface area contributed by atoms with Crippen molar-refractivity contribution in [2.45, 2.75) is 26.0 Å². The largest absolute Gasteiger partial charge is 0.543 e. The smallest absolute Gasteiger partial charge is 0.485 e. The van der Waals surface area contributed by atoms with E-state index >= 15 is 0 Å². The molecule has 0 saturated heterocycles. The standard InChI is InChI=1S/C15H24O4Si/c1-6-10-13-11-8-9-12-14(13)19-15(7-2)20(16-3,17-4)18-5/h6,8-12,15H,7H2,1-5H3. The van der Waals surface area contributed by atoms with Crippen molar-refractivity contribution in [1.29, 1.82) is 0 Å². The lowest BCUT2D eigenvalue weighted by Crippen LogP contribution is -2.56. The van der Waals surface area contributed by atoms with Crippen LogP contribution in [0.25, 0.3) is 6.08 Å². The summed E-state index contributed by atoms with van der Waals surface area (Å²) in [6.07, 6.45) is 4.74. The van der Waals surface area contributed by atoms with Gasteiger partial charge in [-0.2, -0.15) is 0 Å². The molecule has 112 valence electrons. The maximum absolute atomic E-state index is 6.12. The second kappa shape index (κ2) is 8.21. The van der Waals surface area contributed by atoms with Crippen molar-refractivity contribution in [3.05, 3.63) is 35.9 Å². The highest BCUT2D eigenvalue weighted by Crippen LogP contribution is 2.25. The van der Waals surface area contributed by atoms with Crippen LogP contribution in [0.15, 0.2) is 30.3 Å². The number of ether oxygens (including phenoxy) is 1. The molecule has 0 spiro atoms. The summed E-state index contributed by atoms with van der Waals surface area (Å²) in [7, 11) is 1.98. The molecule has 4 nitrogen and oxygen atoms in total. The number of allylic oxidation sites excluding steroid dienone is 1. The Morgan fingerprint density at radius 1 is 1.10 bits per heavy atom.